The van der Waals surface area contributed by atoms with Gasteiger partial charge in [-0.15, -0.1) is 0 Å². The lowest BCUT2D eigenvalue weighted by Gasteiger charge is -2.08. The Kier molecular flexibility index (Phi) is 6.65. The number of hydrogen-bond donors (Lipinski definition) is 0. The molecule has 11 heteroatoms. The number of carbonyl (C=O) groups is 2. The van der Waals surface area contributed by atoms with E-state index in [1.54, 1.807) is 19.1 Å². The molecule has 0 fully saturated rings. The second kappa shape index (κ2) is 9.39. The lowest BCUT2D eigenvalue weighted by molar-refractivity contribution is -0.384. The van der Waals surface area contributed by atoms with Gasteiger partial charge in [-0.25, -0.2) is 0 Å². The Balaban J connectivity index is 2.14. The zero-order valence-electron chi connectivity index (χ0n) is 17.0. The van der Waals surface area contributed by atoms with Crippen molar-refractivity contribution >= 4 is 39.1 Å². The summed E-state index contributed by atoms with van der Waals surface area (Å²) in [5.74, 6) is -0.323. The van der Waals surface area contributed by atoms with Crippen LogP contribution in [0.5, 0.6) is 11.5 Å². The number of methoxy groups -OCH3 is 2. The zero-order chi connectivity index (χ0) is 22.5. The third kappa shape index (κ3) is 4.72. The molecule has 0 aliphatic carbocycles. The number of nitro benzene ring substituents is 1. The van der Waals surface area contributed by atoms with E-state index in [-0.39, 0.29) is 35.0 Å². The molecule has 0 aliphatic rings. The number of benzene rings is 2. The number of ether oxygens (including phenoxy) is 3. The van der Waals surface area contributed by atoms with E-state index in [0.29, 0.717) is 16.0 Å². The normalized spacial score (nSPS) is 11.4. The number of amides is 1. The Morgan fingerprint density at radius 2 is 1.94 bits per heavy atom. The van der Waals surface area contributed by atoms with Crippen LogP contribution in [0.1, 0.15) is 17.3 Å². The van der Waals surface area contributed by atoms with Gasteiger partial charge in [0, 0.05) is 18.2 Å². The van der Waals surface area contributed by atoms with E-state index in [2.05, 4.69) is 4.99 Å². The van der Waals surface area contributed by atoms with Gasteiger partial charge in [0.05, 0.1) is 41.5 Å². The third-order valence-corrected chi connectivity index (χ3v) is 5.35. The van der Waals surface area contributed by atoms with Crippen LogP contribution in [0, 0.1) is 10.1 Å². The number of hydrogen-bond acceptors (Lipinski definition) is 8. The van der Waals surface area contributed by atoms with Crippen LogP contribution in [0.4, 0.5) is 5.69 Å². The minimum absolute atomic E-state index is 0.105. The maximum Gasteiger partial charge on any atom is 0.326 e. The molecule has 0 N–H and O–H groups in total. The van der Waals surface area contributed by atoms with Gasteiger partial charge < -0.3 is 18.8 Å². The minimum Gasteiger partial charge on any atom is -0.497 e. The summed E-state index contributed by atoms with van der Waals surface area (Å²) in [6.45, 7) is 1.68. The molecule has 3 aromatic rings. The van der Waals surface area contributed by atoms with Crippen molar-refractivity contribution in [1.82, 2.24) is 4.57 Å². The number of fused-ring (bicyclic) bond motifs is 1. The van der Waals surface area contributed by atoms with Gasteiger partial charge in [-0.2, -0.15) is 4.99 Å². The Labute approximate surface area is 180 Å². The number of nitrogens with zero attached hydrogens (tertiary/aromatic N) is 3. The molecule has 0 bridgehead atoms. The molecule has 162 valence electrons. The van der Waals surface area contributed by atoms with Crippen molar-refractivity contribution in [3.05, 3.63) is 56.9 Å². The number of nitro groups is 1. The average Bonchev–Trinajstić information content (AvgIpc) is 3.09. The number of thiazole rings is 1. The Morgan fingerprint density at radius 3 is 2.58 bits per heavy atom. The average molecular weight is 445 g/mol. The monoisotopic (exact) mass is 445 g/mol. The highest BCUT2D eigenvalue weighted by Crippen LogP contribution is 2.26. The highest BCUT2D eigenvalue weighted by molar-refractivity contribution is 7.16. The predicted octanol–water partition coefficient (Wildman–Crippen LogP) is 2.93. The van der Waals surface area contributed by atoms with Gasteiger partial charge in [-0.05, 0) is 25.1 Å². The van der Waals surface area contributed by atoms with Crippen LogP contribution in [0.3, 0.4) is 0 Å². The molecule has 0 saturated heterocycles. The number of aromatic nitrogens is 1. The van der Waals surface area contributed by atoms with Crippen molar-refractivity contribution in [2.24, 2.45) is 4.99 Å². The quantitative estimate of drug-likeness (QED) is 0.311. The van der Waals surface area contributed by atoms with Gasteiger partial charge in [-0.3, -0.25) is 19.7 Å². The number of carbonyl (C=O) groups excluding carboxylic acids is 2. The van der Waals surface area contributed by atoms with Crippen molar-refractivity contribution in [3.8, 4) is 11.5 Å². The Bertz CT molecular complexity index is 1230. The molecule has 0 radical (unpaired) electrons. The van der Waals surface area contributed by atoms with Crippen molar-refractivity contribution in [2.45, 2.75) is 13.5 Å². The predicted molar refractivity (Wildman–Crippen MR) is 113 cm³/mol. The molecule has 0 saturated carbocycles. The van der Waals surface area contributed by atoms with E-state index >= 15 is 0 Å². The van der Waals surface area contributed by atoms with Crippen LogP contribution < -0.4 is 14.3 Å². The molecule has 1 heterocycles. The fraction of sp³-hybridized carbons (Fsp3) is 0.250. The van der Waals surface area contributed by atoms with Gasteiger partial charge in [0.1, 0.15) is 18.0 Å². The number of non-ortho nitro benzene ring substituents is 1. The molecule has 10 nitrogen and oxygen atoms in total. The van der Waals surface area contributed by atoms with E-state index in [9.17, 15) is 19.7 Å². The van der Waals surface area contributed by atoms with Gasteiger partial charge in [0.15, 0.2) is 4.80 Å². The maximum absolute atomic E-state index is 12.9. The lowest BCUT2D eigenvalue weighted by Crippen LogP contribution is -2.23. The highest BCUT2D eigenvalue weighted by Gasteiger charge is 2.17. The van der Waals surface area contributed by atoms with Gasteiger partial charge >= 0.3 is 5.97 Å². The first kappa shape index (κ1) is 22.0. The van der Waals surface area contributed by atoms with Crippen molar-refractivity contribution in [3.63, 3.8) is 0 Å². The van der Waals surface area contributed by atoms with Crippen LogP contribution in [-0.2, 0) is 16.1 Å². The van der Waals surface area contributed by atoms with Gasteiger partial charge in [0.25, 0.3) is 11.6 Å². The Hall–Kier alpha value is -3.73. The molecule has 0 aliphatic heterocycles. The Morgan fingerprint density at radius 1 is 1.16 bits per heavy atom. The first-order valence-corrected chi connectivity index (χ1v) is 9.94. The summed E-state index contributed by atoms with van der Waals surface area (Å²) >= 11 is 1.06. The van der Waals surface area contributed by atoms with Gasteiger partial charge in [0.2, 0.25) is 0 Å². The van der Waals surface area contributed by atoms with Crippen LogP contribution >= 0.6 is 11.3 Å². The SMILES string of the molecule is CCOC(=O)Cn1c(=NC(=O)c2ccc(OC)cc2OC)sc2cc([N+](=O)[O-])ccc21. The summed E-state index contributed by atoms with van der Waals surface area (Å²) in [6, 6.07) is 8.90. The first-order chi connectivity index (χ1) is 14.9. The second-order valence-electron chi connectivity index (χ2n) is 6.17. The number of rotatable bonds is 7. The lowest BCUT2D eigenvalue weighted by atomic mass is 10.2. The van der Waals surface area contributed by atoms with Crippen molar-refractivity contribution in [1.29, 1.82) is 0 Å². The van der Waals surface area contributed by atoms with Gasteiger partial charge in [-0.1, -0.05) is 11.3 Å². The molecule has 2 aromatic carbocycles. The second-order valence-corrected chi connectivity index (χ2v) is 7.18. The van der Waals surface area contributed by atoms with E-state index in [4.69, 9.17) is 14.2 Å². The molecule has 0 atom stereocenters. The fourth-order valence-corrected chi connectivity index (χ4v) is 3.93. The molecule has 31 heavy (non-hydrogen) atoms. The summed E-state index contributed by atoms with van der Waals surface area (Å²) < 4.78 is 17.4. The van der Waals surface area contributed by atoms with Crippen molar-refractivity contribution in [2.75, 3.05) is 20.8 Å². The summed E-state index contributed by atoms with van der Waals surface area (Å²) in [7, 11) is 2.92. The molecule has 0 spiro atoms. The standard InChI is InChI=1S/C20H19N3O7S/c1-4-30-18(24)11-22-15-8-5-12(23(26)27)9-17(15)31-20(22)21-19(25)14-7-6-13(28-2)10-16(14)29-3/h5-10H,4,11H2,1-3H3. The maximum atomic E-state index is 12.9. The first-order valence-electron chi connectivity index (χ1n) is 9.12. The van der Waals surface area contributed by atoms with Crippen LogP contribution in [-0.4, -0.2) is 42.2 Å². The third-order valence-electron chi connectivity index (χ3n) is 4.31. The molecular formula is C20H19N3O7S. The van der Waals surface area contributed by atoms with Crippen LogP contribution in [0.25, 0.3) is 10.2 Å². The molecule has 0 unspecified atom stereocenters. The van der Waals surface area contributed by atoms with Crippen molar-refractivity contribution < 1.29 is 28.7 Å². The summed E-state index contributed by atoms with van der Waals surface area (Å²) in [5, 5.41) is 11.1. The zero-order valence-corrected chi connectivity index (χ0v) is 17.8. The summed E-state index contributed by atoms with van der Waals surface area (Å²) in [6.07, 6.45) is 0. The fourth-order valence-electron chi connectivity index (χ4n) is 2.87. The molecule has 1 aromatic heterocycles. The summed E-state index contributed by atoms with van der Waals surface area (Å²) in [5.41, 5.74) is 0.623. The van der Waals surface area contributed by atoms with E-state index < -0.39 is 16.8 Å². The van der Waals surface area contributed by atoms with E-state index in [1.807, 2.05) is 0 Å². The van der Waals surface area contributed by atoms with Crippen LogP contribution in [0.2, 0.25) is 0 Å². The number of esters is 1. The largest absolute Gasteiger partial charge is 0.497 e. The highest BCUT2D eigenvalue weighted by atomic mass is 32.1. The smallest absolute Gasteiger partial charge is 0.326 e. The van der Waals surface area contributed by atoms with Crippen LogP contribution in [0.15, 0.2) is 41.4 Å². The van der Waals surface area contributed by atoms with E-state index in [0.717, 1.165) is 11.3 Å². The summed E-state index contributed by atoms with van der Waals surface area (Å²) in [4.78, 5) is 40.0. The molecular weight excluding hydrogens is 426 g/mol. The minimum atomic E-state index is -0.599. The molecule has 1 amide bonds. The topological polar surface area (TPSA) is 122 Å². The molecule has 3 rings (SSSR count). The van der Waals surface area contributed by atoms with E-state index in [1.165, 1.54) is 43.1 Å².